The molecule has 0 radical (unpaired) electrons. The molecule has 0 aliphatic carbocycles. The molecule has 1 rings (SSSR count). The van der Waals surface area contributed by atoms with Gasteiger partial charge in [0.15, 0.2) is 5.82 Å². The van der Waals surface area contributed by atoms with Crippen LogP contribution in [-0.2, 0) is 0 Å². The number of pyridine rings is 1. The number of amides is 1. The van der Waals surface area contributed by atoms with Crippen LogP contribution < -0.4 is 0 Å². The molecule has 0 fully saturated rings. The van der Waals surface area contributed by atoms with Crippen LogP contribution in [0.5, 0.6) is 0 Å². The van der Waals surface area contributed by atoms with Crippen molar-refractivity contribution in [3.8, 4) is 6.07 Å². The summed E-state index contributed by atoms with van der Waals surface area (Å²) >= 11 is 0. The molecule has 0 aliphatic heterocycles. The quantitative estimate of drug-likeness (QED) is 0.725. The predicted octanol–water partition coefficient (Wildman–Crippen LogP) is 1.60. The van der Waals surface area contributed by atoms with Gasteiger partial charge in [-0.15, -0.1) is 0 Å². The number of hydrogen-bond acceptors (Lipinski definition) is 3. The Morgan fingerprint density at radius 2 is 2.44 bits per heavy atom. The van der Waals surface area contributed by atoms with E-state index in [1.165, 1.54) is 17.2 Å². The van der Waals surface area contributed by atoms with Crippen molar-refractivity contribution in [2.24, 2.45) is 0 Å². The average Bonchev–Trinajstić information content (AvgIpc) is 2.28. The molecule has 1 aromatic heterocycles. The van der Waals surface area contributed by atoms with Gasteiger partial charge >= 0.3 is 0 Å². The molecular formula is C11H12FN3O. The molecule has 0 spiro atoms. The summed E-state index contributed by atoms with van der Waals surface area (Å²) in [5.41, 5.74) is -0.0429. The normalized spacial score (nSPS) is 9.56. The van der Waals surface area contributed by atoms with E-state index in [1.54, 1.807) is 0 Å². The predicted molar refractivity (Wildman–Crippen MR) is 56.0 cm³/mol. The van der Waals surface area contributed by atoms with Gasteiger partial charge in [-0.1, -0.05) is 6.92 Å². The minimum Gasteiger partial charge on any atom is -0.325 e. The van der Waals surface area contributed by atoms with Gasteiger partial charge in [-0.25, -0.2) is 4.39 Å². The highest BCUT2D eigenvalue weighted by Gasteiger charge is 2.17. The van der Waals surface area contributed by atoms with Gasteiger partial charge in [0.05, 0.1) is 17.8 Å². The van der Waals surface area contributed by atoms with Crippen molar-refractivity contribution in [1.82, 2.24) is 9.88 Å². The van der Waals surface area contributed by atoms with Crippen LogP contribution in [0.4, 0.5) is 4.39 Å². The van der Waals surface area contributed by atoms with Crippen LogP contribution in [0.15, 0.2) is 18.5 Å². The third kappa shape index (κ3) is 2.76. The summed E-state index contributed by atoms with van der Waals surface area (Å²) in [4.78, 5) is 16.7. The van der Waals surface area contributed by atoms with E-state index in [9.17, 15) is 9.18 Å². The lowest BCUT2D eigenvalue weighted by Gasteiger charge is -2.18. The molecule has 1 amide bonds. The van der Waals surface area contributed by atoms with Crippen molar-refractivity contribution >= 4 is 5.91 Å². The lowest BCUT2D eigenvalue weighted by atomic mass is 10.2. The largest absolute Gasteiger partial charge is 0.325 e. The number of carbonyl (C=O) groups is 1. The van der Waals surface area contributed by atoms with E-state index in [0.717, 1.165) is 12.6 Å². The Labute approximate surface area is 93.3 Å². The maximum Gasteiger partial charge on any atom is 0.257 e. The molecule has 0 bridgehead atoms. The van der Waals surface area contributed by atoms with E-state index in [1.807, 2.05) is 13.0 Å². The van der Waals surface area contributed by atoms with Gasteiger partial charge in [-0.2, -0.15) is 5.26 Å². The monoisotopic (exact) mass is 221 g/mol. The van der Waals surface area contributed by atoms with Crippen LogP contribution in [0, 0.1) is 17.1 Å². The molecule has 0 saturated heterocycles. The highest BCUT2D eigenvalue weighted by atomic mass is 19.1. The Bertz CT molecular complexity index is 414. The Kier molecular flexibility index (Phi) is 4.40. The van der Waals surface area contributed by atoms with Crippen LogP contribution in [0.2, 0.25) is 0 Å². The summed E-state index contributed by atoms with van der Waals surface area (Å²) in [6.45, 7) is 2.29. The first-order valence-corrected chi connectivity index (χ1v) is 4.96. The summed E-state index contributed by atoms with van der Waals surface area (Å²) in [6, 6.07) is 3.21. The smallest absolute Gasteiger partial charge is 0.257 e. The van der Waals surface area contributed by atoms with Gasteiger partial charge in [0.2, 0.25) is 0 Å². The number of rotatable bonds is 4. The fourth-order valence-corrected chi connectivity index (χ4v) is 1.33. The van der Waals surface area contributed by atoms with Gasteiger partial charge in [-0.05, 0) is 12.5 Å². The maximum atomic E-state index is 13.3. The second kappa shape index (κ2) is 5.81. The molecule has 4 nitrogen and oxygen atoms in total. The second-order valence-electron chi connectivity index (χ2n) is 3.24. The minimum absolute atomic E-state index is 0.0333. The van der Waals surface area contributed by atoms with E-state index in [2.05, 4.69) is 4.98 Å². The molecule has 0 N–H and O–H groups in total. The number of halogens is 1. The average molecular weight is 221 g/mol. The van der Waals surface area contributed by atoms with Gasteiger partial charge < -0.3 is 4.90 Å². The fraction of sp³-hybridized carbons (Fsp3) is 0.364. The lowest BCUT2D eigenvalue weighted by Crippen LogP contribution is -2.32. The molecule has 1 heterocycles. The molecule has 84 valence electrons. The SMILES string of the molecule is CCCN(CC#N)C(=O)c1ccncc1F. The van der Waals surface area contributed by atoms with E-state index in [-0.39, 0.29) is 12.1 Å². The van der Waals surface area contributed by atoms with Gasteiger partial charge in [0, 0.05) is 12.7 Å². The van der Waals surface area contributed by atoms with Crippen LogP contribution in [0.1, 0.15) is 23.7 Å². The number of carbonyl (C=O) groups excluding carboxylic acids is 1. The topological polar surface area (TPSA) is 57.0 Å². The zero-order chi connectivity index (χ0) is 12.0. The lowest BCUT2D eigenvalue weighted by molar-refractivity contribution is 0.0771. The summed E-state index contributed by atoms with van der Waals surface area (Å²) in [7, 11) is 0. The maximum absolute atomic E-state index is 13.3. The number of nitrogens with zero attached hydrogens (tertiary/aromatic N) is 3. The Morgan fingerprint density at radius 3 is 3.00 bits per heavy atom. The second-order valence-corrected chi connectivity index (χ2v) is 3.24. The Morgan fingerprint density at radius 1 is 1.69 bits per heavy atom. The number of nitriles is 1. The Hall–Kier alpha value is -1.96. The van der Waals surface area contributed by atoms with Crippen LogP contribution in [0.3, 0.4) is 0 Å². The molecule has 0 unspecified atom stereocenters. The first-order valence-electron chi connectivity index (χ1n) is 4.96. The third-order valence-electron chi connectivity index (χ3n) is 2.05. The standard InChI is InChI=1S/C11H12FN3O/c1-2-6-15(7-4-13)11(16)9-3-5-14-8-10(9)12/h3,5,8H,2,6-7H2,1H3. The van der Waals surface area contributed by atoms with Crippen molar-refractivity contribution in [3.05, 3.63) is 29.8 Å². The van der Waals surface area contributed by atoms with Crippen molar-refractivity contribution in [3.63, 3.8) is 0 Å². The molecule has 0 aliphatic rings. The molecule has 5 heteroatoms. The summed E-state index contributed by atoms with van der Waals surface area (Å²) in [5.74, 6) is -1.13. The van der Waals surface area contributed by atoms with Crippen molar-refractivity contribution in [2.45, 2.75) is 13.3 Å². The third-order valence-corrected chi connectivity index (χ3v) is 2.05. The molecule has 0 aromatic carbocycles. The zero-order valence-electron chi connectivity index (χ0n) is 8.98. The summed E-state index contributed by atoms with van der Waals surface area (Å²) < 4.78 is 13.3. The molecule has 0 atom stereocenters. The zero-order valence-corrected chi connectivity index (χ0v) is 8.98. The van der Waals surface area contributed by atoms with E-state index < -0.39 is 11.7 Å². The summed E-state index contributed by atoms with van der Waals surface area (Å²) in [6.07, 6.45) is 3.07. The first-order chi connectivity index (χ1) is 7.70. The Balaban J connectivity index is 2.91. The van der Waals surface area contributed by atoms with Crippen molar-refractivity contribution in [1.29, 1.82) is 5.26 Å². The van der Waals surface area contributed by atoms with Crippen LogP contribution in [-0.4, -0.2) is 28.9 Å². The molecular weight excluding hydrogens is 209 g/mol. The van der Waals surface area contributed by atoms with Gasteiger partial charge in [0.1, 0.15) is 6.54 Å². The highest BCUT2D eigenvalue weighted by Crippen LogP contribution is 2.08. The van der Waals surface area contributed by atoms with Crippen LogP contribution >= 0.6 is 0 Å². The van der Waals surface area contributed by atoms with Crippen molar-refractivity contribution in [2.75, 3.05) is 13.1 Å². The van der Waals surface area contributed by atoms with Gasteiger partial charge in [-0.3, -0.25) is 9.78 Å². The molecule has 1 aromatic rings. The van der Waals surface area contributed by atoms with Crippen molar-refractivity contribution < 1.29 is 9.18 Å². The summed E-state index contributed by atoms with van der Waals surface area (Å²) in [5, 5.41) is 8.58. The fourth-order valence-electron chi connectivity index (χ4n) is 1.33. The number of aromatic nitrogens is 1. The van der Waals surface area contributed by atoms with E-state index in [0.29, 0.717) is 6.54 Å². The first kappa shape index (κ1) is 12.1. The van der Waals surface area contributed by atoms with E-state index >= 15 is 0 Å². The highest BCUT2D eigenvalue weighted by molar-refractivity contribution is 5.94. The minimum atomic E-state index is -0.661. The molecule has 0 saturated carbocycles. The van der Waals surface area contributed by atoms with Gasteiger partial charge in [0.25, 0.3) is 5.91 Å². The van der Waals surface area contributed by atoms with Crippen LogP contribution in [0.25, 0.3) is 0 Å². The molecule has 16 heavy (non-hydrogen) atoms. The van der Waals surface area contributed by atoms with E-state index in [4.69, 9.17) is 5.26 Å². The number of hydrogen-bond donors (Lipinski definition) is 0.